The summed E-state index contributed by atoms with van der Waals surface area (Å²) < 4.78 is 25.9. The number of ketones is 1. The second-order valence-electron chi connectivity index (χ2n) is 4.65. The first kappa shape index (κ1) is 17.2. The highest BCUT2D eigenvalue weighted by Crippen LogP contribution is 2.11. The molecular formula is C17H12F2N2O3. The van der Waals surface area contributed by atoms with Crippen LogP contribution in [0.3, 0.4) is 0 Å². The van der Waals surface area contributed by atoms with Crippen LogP contribution < -0.4 is 5.48 Å². The summed E-state index contributed by atoms with van der Waals surface area (Å²) >= 11 is 0. The number of benzene rings is 1. The van der Waals surface area contributed by atoms with Crippen LogP contribution in [0.5, 0.6) is 0 Å². The lowest BCUT2D eigenvalue weighted by atomic mass is 10.1. The van der Waals surface area contributed by atoms with E-state index in [4.69, 9.17) is 5.21 Å². The lowest BCUT2D eigenvalue weighted by molar-refractivity contribution is -0.124. The van der Waals surface area contributed by atoms with E-state index in [1.54, 1.807) is 12.1 Å². The number of halogens is 2. The van der Waals surface area contributed by atoms with E-state index in [2.05, 4.69) is 4.98 Å². The Labute approximate surface area is 135 Å². The Morgan fingerprint density at radius 3 is 2.46 bits per heavy atom. The molecule has 0 saturated heterocycles. The number of allylic oxidation sites excluding steroid dienone is 1. The van der Waals surface area contributed by atoms with Crippen LogP contribution in [0.1, 0.15) is 21.6 Å². The molecule has 2 aromatic rings. The van der Waals surface area contributed by atoms with Gasteiger partial charge in [-0.2, -0.15) is 0 Å². The molecule has 1 aromatic heterocycles. The average Bonchev–Trinajstić information content (AvgIpc) is 2.60. The highest BCUT2D eigenvalue weighted by molar-refractivity contribution is 6.06. The predicted octanol–water partition coefficient (Wildman–Crippen LogP) is 2.77. The molecule has 0 fully saturated rings. The van der Waals surface area contributed by atoms with E-state index in [1.165, 1.54) is 36.0 Å². The van der Waals surface area contributed by atoms with Crippen molar-refractivity contribution in [3.63, 3.8) is 0 Å². The Morgan fingerprint density at radius 1 is 1.04 bits per heavy atom. The third-order valence-electron chi connectivity index (χ3n) is 2.96. The molecule has 2 N–H and O–H groups in total. The van der Waals surface area contributed by atoms with E-state index in [9.17, 15) is 18.4 Å². The van der Waals surface area contributed by atoms with Crippen molar-refractivity contribution in [1.29, 1.82) is 0 Å². The Bertz CT molecular complexity index is 815. The van der Waals surface area contributed by atoms with Crippen LogP contribution in [0.4, 0.5) is 8.78 Å². The zero-order chi connectivity index (χ0) is 17.5. The van der Waals surface area contributed by atoms with Crippen molar-refractivity contribution in [1.82, 2.24) is 10.5 Å². The number of aromatic nitrogens is 1. The highest BCUT2D eigenvalue weighted by atomic mass is 19.2. The maximum absolute atomic E-state index is 13.1. The number of carbonyl (C=O) groups excluding carboxylic acids is 2. The fraction of sp³-hybridized carbons (Fsp3) is 0. The molecule has 0 bridgehead atoms. The maximum Gasteiger partial charge on any atom is 0.267 e. The smallest absolute Gasteiger partial charge is 0.267 e. The minimum Gasteiger partial charge on any atom is -0.289 e. The first-order chi connectivity index (χ1) is 11.5. The fourth-order valence-electron chi connectivity index (χ4n) is 1.73. The third kappa shape index (κ3) is 4.65. The van der Waals surface area contributed by atoms with Gasteiger partial charge < -0.3 is 0 Å². The van der Waals surface area contributed by atoms with Crippen LogP contribution in [0.2, 0.25) is 0 Å². The van der Waals surface area contributed by atoms with E-state index in [0.29, 0.717) is 11.3 Å². The number of hydrogen-bond acceptors (Lipinski definition) is 4. The summed E-state index contributed by atoms with van der Waals surface area (Å²) in [6.07, 6.45) is 6.66. The standard InChI is InChI=1S/C17H12F2N2O3/c18-14-6-3-12(9-15(14)19)16(22)7-2-11-1-4-13(20-10-11)5-8-17(23)21-24/h1-10,24H,(H,21,23). The largest absolute Gasteiger partial charge is 0.289 e. The van der Waals surface area contributed by atoms with E-state index in [1.807, 2.05) is 0 Å². The summed E-state index contributed by atoms with van der Waals surface area (Å²) in [6, 6.07) is 6.17. The molecule has 0 unspecified atom stereocenters. The molecule has 0 spiro atoms. The lowest BCUT2D eigenvalue weighted by Gasteiger charge is -1.98. The normalized spacial score (nSPS) is 11.1. The number of pyridine rings is 1. The van der Waals surface area contributed by atoms with Gasteiger partial charge in [-0.05, 0) is 48.1 Å². The molecule has 1 aromatic carbocycles. The summed E-state index contributed by atoms with van der Waals surface area (Å²) in [5, 5.41) is 8.35. The van der Waals surface area contributed by atoms with Gasteiger partial charge in [0.1, 0.15) is 0 Å². The molecule has 24 heavy (non-hydrogen) atoms. The summed E-state index contributed by atoms with van der Waals surface area (Å²) in [6.45, 7) is 0. The maximum atomic E-state index is 13.1. The van der Waals surface area contributed by atoms with Gasteiger partial charge in [-0.3, -0.25) is 19.8 Å². The summed E-state index contributed by atoms with van der Waals surface area (Å²) in [5.41, 5.74) is 2.57. The van der Waals surface area contributed by atoms with E-state index >= 15 is 0 Å². The summed E-state index contributed by atoms with van der Waals surface area (Å²) in [5.74, 6) is -3.26. The van der Waals surface area contributed by atoms with Crippen LogP contribution >= 0.6 is 0 Å². The molecule has 1 amide bonds. The van der Waals surface area contributed by atoms with Crippen molar-refractivity contribution in [3.05, 3.63) is 77.1 Å². The number of carbonyl (C=O) groups is 2. The Balaban J connectivity index is 2.06. The van der Waals surface area contributed by atoms with E-state index < -0.39 is 23.3 Å². The first-order valence-electron chi connectivity index (χ1n) is 6.75. The third-order valence-corrected chi connectivity index (χ3v) is 2.96. The molecule has 0 saturated carbocycles. The zero-order valence-corrected chi connectivity index (χ0v) is 12.2. The number of nitrogens with one attached hydrogen (secondary N) is 1. The number of hydroxylamine groups is 1. The monoisotopic (exact) mass is 330 g/mol. The minimum absolute atomic E-state index is 0.0349. The fourth-order valence-corrected chi connectivity index (χ4v) is 1.73. The van der Waals surface area contributed by atoms with Gasteiger partial charge in [-0.25, -0.2) is 14.3 Å². The van der Waals surface area contributed by atoms with Crippen LogP contribution in [0, 0.1) is 11.6 Å². The molecule has 0 aliphatic carbocycles. The molecule has 1 heterocycles. The quantitative estimate of drug-likeness (QED) is 0.382. The molecule has 5 nitrogen and oxygen atoms in total. The van der Waals surface area contributed by atoms with Crippen molar-refractivity contribution in [3.8, 4) is 0 Å². The van der Waals surface area contributed by atoms with Gasteiger partial charge in [0.05, 0.1) is 5.69 Å². The van der Waals surface area contributed by atoms with Gasteiger partial charge in [-0.15, -0.1) is 0 Å². The second kappa shape index (κ2) is 7.89. The molecule has 0 aliphatic heterocycles. The van der Waals surface area contributed by atoms with E-state index in [-0.39, 0.29) is 5.56 Å². The molecule has 0 atom stereocenters. The zero-order valence-electron chi connectivity index (χ0n) is 12.2. The number of amides is 1. The Hall–Kier alpha value is -3.19. The molecule has 122 valence electrons. The summed E-state index contributed by atoms with van der Waals surface area (Å²) in [7, 11) is 0. The number of nitrogens with zero attached hydrogens (tertiary/aromatic N) is 1. The molecule has 2 rings (SSSR count). The SMILES string of the molecule is O=C(C=Cc1ccc(C=CC(=O)c2ccc(F)c(F)c2)cn1)NO. The molecule has 7 heteroatoms. The van der Waals surface area contributed by atoms with Crippen molar-refractivity contribution in [2.75, 3.05) is 0 Å². The van der Waals surface area contributed by atoms with E-state index in [0.717, 1.165) is 18.2 Å². The number of rotatable bonds is 5. The highest BCUT2D eigenvalue weighted by Gasteiger charge is 2.07. The lowest BCUT2D eigenvalue weighted by Crippen LogP contribution is -2.14. The van der Waals surface area contributed by atoms with Gasteiger partial charge >= 0.3 is 0 Å². The van der Waals surface area contributed by atoms with Crippen molar-refractivity contribution < 1.29 is 23.6 Å². The van der Waals surface area contributed by atoms with Crippen molar-refractivity contribution in [2.45, 2.75) is 0 Å². The first-order valence-corrected chi connectivity index (χ1v) is 6.75. The molecule has 0 radical (unpaired) electrons. The van der Waals surface area contributed by atoms with Gasteiger partial charge in [0.2, 0.25) is 0 Å². The van der Waals surface area contributed by atoms with Crippen LogP contribution in [0.15, 0.2) is 48.7 Å². The predicted molar refractivity (Wildman–Crippen MR) is 82.9 cm³/mol. The number of hydrogen-bond donors (Lipinski definition) is 2. The second-order valence-corrected chi connectivity index (χ2v) is 4.65. The molecule has 0 aliphatic rings. The van der Waals surface area contributed by atoms with Crippen LogP contribution in [0.25, 0.3) is 12.2 Å². The van der Waals surface area contributed by atoms with Crippen LogP contribution in [-0.2, 0) is 4.79 Å². The van der Waals surface area contributed by atoms with Gasteiger partial charge in [-0.1, -0.05) is 6.07 Å². The summed E-state index contributed by atoms with van der Waals surface area (Å²) in [4.78, 5) is 26.8. The average molecular weight is 330 g/mol. The van der Waals surface area contributed by atoms with Crippen molar-refractivity contribution >= 4 is 23.8 Å². The van der Waals surface area contributed by atoms with Gasteiger partial charge in [0.15, 0.2) is 17.4 Å². The molecular weight excluding hydrogens is 318 g/mol. The van der Waals surface area contributed by atoms with Gasteiger partial charge in [0.25, 0.3) is 5.91 Å². The van der Waals surface area contributed by atoms with Crippen molar-refractivity contribution in [2.24, 2.45) is 0 Å². The minimum atomic E-state index is -1.08. The Kier molecular flexibility index (Phi) is 5.64. The van der Waals surface area contributed by atoms with Crippen LogP contribution in [-0.4, -0.2) is 21.9 Å². The Morgan fingerprint density at radius 2 is 1.83 bits per heavy atom. The van der Waals surface area contributed by atoms with Gasteiger partial charge in [0, 0.05) is 17.8 Å². The topological polar surface area (TPSA) is 79.3 Å².